The zero-order chi connectivity index (χ0) is 58.9. The largest absolute Gasteiger partial charge is 0.481 e. The van der Waals surface area contributed by atoms with Gasteiger partial charge in [-0.15, -0.1) is 0 Å². The van der Waals surface area contributed by atoms with Crippen molar-refractivity contribution in [1.29, 1.82) is 0 Å². The van der Waals surface area contributed by atoms with Crippen LogP contribution in [0.2, 0.25) is 0 Å². The molecule has 6 rings (SSSR count). The van der Waals surface area contributed by atoms with Gasteiger partial charge < -0.3 is 66.5 Å². The number of Topliss-reactive ketones (excluding diaryl/α,β-unsaturated/α-hetero) is 1. The molecular weight excluding hydrogens is 1060 g/mol. The Balaban J connectivity index is 0.909. The monoisotopic (exact) mass is 1140 g/mol. The quantitative estimate of drug-likeness (QED) is 0.0390. The van der Waals surface area contributed by atoms with E-state index in [-0.39, 0.29) is 108 Å². The molecule has 1 aromatic heterocycles. The number of nitrogens with one attached hydrogen (secondary N) is 6. The number of rotatable bonds is 26. The molecule has 5 aliphatic rings. The third-order valence-corrected chi connectivity index (χ3v) is 15.1. The number of carbonyl (C=O) groups is 12. The Labute approximate surface area is 467 Å². The number of hydrogen-bond acceptors (Lipinski definition) is 18. The van der Waals surface area contributed by atoms with Gasteiger partial charge >= 0.3 is 23.9 Å². The summed E-state index contributed by atoms with van der Waals surface area (Å²) in [5, 5.41) is 54.0. The lowest BCUT2D eigenvalue weighted by atomic mass is 9.85. The number of carboxylic acids is 3. The van der Waals surface area contributed by atoms with Crippen LogP contribution in [0.5, 0.6) is 0 Å². The first-order chi connectivity index (χ1) is 38.6. The Kier molecular flexibility index (Phi) is 23.2. The Morgan fingerprint density at radius 2 is 1.26 bits per heavy atom. The summed E-state index contributed by atoms with van der Waals surface area (Å²) in [4.78, 5) is 162. The molecule has 0 radical (unpaired) electrons. The number of aryl methyl sites for hydroxylation is 1. The number of carbonyl (C=O) groups excluding carboxylic acids is 9. The van der Waals surface area contributed by atoms with Gasteiger partial charge in [0.1, 0.15) is 18.1 Å². The predicted molar refractivity (Wildman–Crippen MR) is 283 cm³/mol. The third-order valence-electron chi connectivity index (χ3n) is 15.1. The highest BCUT2D eigenvalue weighted by Crippen LogP contribution is 2.35. The number of cyclic esters (lactones) is 1. The van der Waals surface area contributed by atoms with Crippen LogP contribution in [0, 0.1) is 11.8 Å². The summed E-state index contributed by atoms with van der Waals surface area (Å²) < 4.78 is 6.62. The molecule has 0 aromatic carbocycles. The molecule has 29 heteroatoms. The molecule has 4 aliphatic heterocycles. The summed E-state index contributed by atoms with van der Waals surface area (Å²) in [6, 6.07) is -2.44. The maximum Gasteiger partial charge on any atom is 0.317 e. The lowest BCUT2D eigenvalue weighted by molar-refractivity contribution is -0.155. The highest BCUT2D eigenvalue weighted by molar-refractivity contribution is 6.25. The average Bonchev–Trinajstić information content (AvgIpc) is 4.19. The molecule has 446 valence electrons. The fraction of sp³-hybridized carbons (Fsp3) is 0.654. The van der Waals surface area contributed by atoms with Gasteiger partial charge in [0.2, 0.25) is 47.6 Å². The third kappa shape index (κ3) is 18.9. The number of carboxylic acid groups (broad SMARTS) is 3. The summed E-state index contributed by atoms with van der Waals surface area (Å²) in [5.74, 6) is -9.19. The van der Waals surface area contributed by atoms with E-state index in [0.29, 0.717) is 71.0 Å². The number of amides is 7. The van der Waals surface area contributed by atoms with Crippen LogP contribution in [-0.2, 0) is 75.2 Å². The molecule has 1 aromatic rings. The van der Waals surface area contributed by atoms with Gasteiger partial charge in [-0.05, 0) is 36.8 Å². The molecule has 10 N–H and O–H groups in total. The van der Waals surface area contributed by atoms with E-state index < -0.39 is 108 Å². The molecule has 5 heterocycles. The van der Waals surface area contributed by atoms with E-state index in [9.17, 15) is 78.0 Å². The van der Waals surface area contributed by atoms with Gasteiger partial charge in [-0.2, -0.15) is 0 Å². The summed E-state index contributed by atoms with van der Waals surface area (Å²) in [6.45, 7) is 6.54. The normalized spacial score (nSPS) is 22.1. The Bertz CT molecular complexity index is 2520. The van der Waals surface area contributed by atoms with Crippen molar-refractivity contribution in [2.45, 2.75) is 102 Å². The number of ketones is 1. The average molecular weight is 1140 g/mol. The van der Waals surface area contributed by atoms with Gasteiger partial charge in [0.25, 0.3) is 0 Å². The number of aliphatic hydroxyl groups excluding tert-OH is 1. The molecule has 29 nitrogen and oxygen atoms in total. The standard InChI is InChI=1S/C52H76N12O17/c1-3-31(2)46(51(79)56-35-9-13-64-12-8-32-24-33(25-34(47(32)64)48(35)76)49(77)57-37-26-45(75)81-52(37)80)58-39(66)7-10-53-38(65)6-11-54-50(78)36(4-5-42(69)70)55-40(67)27-59-20-22-63(23-21-59)41(68)28-60-14-16-61(29-43(71)72)18-19-62(17-15-60)30-44(73)74/h8,12,25,31,33,35-37,46,52,80H,3-7,9-11,13-24,26-30H2,1-2H3,(H,53,65)(H,54,78)(H,55,67)(H,56,79)(H,57,77)(H,58,66)(H,69,70)(H,71,72)(H,73,74)/t31?,33-,35-,36?,37?,46?,52?/m0/s1. The minimum Gasteiger partial charge on any atom is -0.481 e. The van der Waals surface area contributed by atoms with Crippen molar-refractivity contribution >= 4 is 76.6 Å². The molecule has 0 spiro atoms. The number of nitrogens with zero attached hydrogens (tertiary/aromatic N) is 6. The number of ether oxygens (including phenoxy) is 1. The fourth-order valence-corrected chi connectivity index (χ4v) is 10.3. The van der Waals surface area contributed by atoms with Crippen molar-refractivity contribution in [2.24, 2.45) is 11.8 Å². The second-order valence-electron chi connectivity index (χ2n) is 21.1. The minimum atomic E-state index is -1.49. The van der Waals surface area contributed by atoms with Crippen LogP contribution >= 0.6 is 0 Å². The first-order valence-electron chi connectivity index (χ1n) is 27.5. The lowest BCUT2D eigenvalue weighted by Crippen LogP contribution is -2.55. The molecule has 0 saturated carbocycles. The molecule has 1 aliphatic carbocycles. The summed E-state index contributed by atoms with van der Waals surface area (Å²) in [5.41, 5.74) is 1.62. The second-order valence-corrected chi connectivity index (χ2v) is 21.1. The zero-order valence-electron chi connectivity index (χ0n) is 45.7. The number of piperazine rings is 1. The predicted octanol–water partition coefficient (Wildman–Crippen LogP) is -4.62. The highest BCUT2D eigenvalue weighted by Gasteiger charge is 2.40. The van der Waals surface area contributed by atoms with E-state index in [4.69, 9.17) is 4.74 Å². The van der Waals surface area contributed by atoms with Gasteiger partial charge in [0.15, 0.2) is 5.78 Å². The van der Waals surface area contributed by atoms with Gasteiger partial charge in [0.05, 0.1) is 50.3 Å². The topological polar surface area (TPSA) is 388 Å². The van der Waals surface area contributed by atoms with E-state index in [1.54, 1.807) is 32.7 Å². The summed E-state index contributed by atoms with van der Waals surface area (Å²) >= 11 is 0. The highest BCUT2D eigenvalue weighted by atomic mass is 16.6. The number of aliphatic carboxylic acids is 3. The van der Waals surface area contributed by atoms with Gasteiger partial charge in [-0.3, -0.25) is 77.1 Å². The van der Waals surface area contributed by atoms with Crippen LogP contribution in [-0.4, -0.2) is 256 Å². The van der Waals surface area contributed by atoms with E-state index in [1.165, 1.54) is 6.08 Å². The van der Waals surface area contributed by atoms with Crippen molar-refractivity contribution in [3.8, 4) is 0 Å². The van der Waals surface area contributed by atoms with Crippen LogP contribution in [0.4, 0.5) is 0 Å². The van der Waals surface area contributed by atoms with E-state index in [1.807, 2.05) is 22.5 Å². The van der Waals surface area contributed by atoms with Crippen LogP contribution in [0.15, 0.2) is 18.3 Å². The molecule has 7 amide bonds. The van der Waals surface area contributed by atoms with Crippen molar-refractivity contribution in [3.05, 3.63) is 29.6 Å². The zero-order valence-corrected chi connectivity index (χ0v) is 45.7. The molecule has 0 bridgehead atoms. The molecular formula is C52H76N12O17. The van der Waals surface area contributed by atoms with Crippen molar-refractivity contribution in [2.75, 3.05) is 105 Å². The van der Waals surface area contributed by atoms with Gasteiger partial charge in [-0.1, -0.05) is 26.3 Å². The smallest absolute Gasteiger partial charge is 0.317 e. The van der Waals surface area contributed by atoms with Crippen LogP contribution in [0.1, 0.15) is 70.1 Å². The Morgan fingerprint density at radius 1 is 0.667 bits per heavy atom. The number of aromatic nitrogens is 1. The molecule has 81 heavy (non-hydrogen) atoms. The fourth-order valence-electron chi connectivity index (χ4n) is 10.3. The Morgan fingerprint density at radius 3 is 1.85 bits per heavy atom. The lowest BCUT2D eigenvalue weighted by Gasteiger charge is -2.36. The van der Waals surface area contributed by atoms with Crippen LogP contribution in [0.3, 0.4) is 0 Å². The number of esters is 1. The first-order valence-corrected chi connectivity index (χ1v) is 27.5. The summed E-state index contributed by atoms with van der Waals surface area (Å²) in [6.07, 6.45) is 1.45. The van der Waals surface area contributed by atoms with Crippen molar-refractivity contribution in [3.63, 3.8) is 0 Å². The maximum atomic E-state index is 14.1. The van der Waals surface area contributed by atoms with E-state index in [2.05, 4.69) is 31.9 Å². The Hall–Kier alpha value is -7.34. The van der Waals surface area contributed by atoms with Gasteiger partial charge in [-0.25, -0.2) is 0 Å². The number of hydrogen-bond donors (Lipinski definition) is 10. The van der Waals surface area contributed by atoms with E-state index >= 15 is 0 Å². The molecule has 3 saturated heterocycles. The van der Waals surface area contributed by atoms with Crippen LogP contribution in [0.25, 0.3) is 5.57 Å². The first kappa shape index (κ1) is 62.9. The van der Waals surface area contributed by atoms with E-state index in [0.717, 1.165) is 5.56 Å². The molecule has 3 fully saturated rings. The number of aliphatic hydroxyl groups is 1. The second kappa shape index (κ2) is 29.9. The van der Waals surface area contributed by atoms with Crippen molar-refractivity contribution < 1.29 is 82.7 Å². The molecule has 5 unspecified atom stereocenters. The summed E-state index contributed by atoms with van der Waals surface area (Å²) in [7, 11) is 0. The van der Waals surface area contributed by atoms with Crippen molar-refractivity contribution in [1.82, 2.24) is 61.0 Å². The van der Waals surface area contributed by atoms with Gasteiger partial charge in [0, 0.05) is 116 Å². The SMILES string of the molecule is CCC(C)C(NC(=O)CCNC(=O)CCNC(=O)C(CCC(=O)O)NC(=O)CN1CCN(C(=O)CN2CCN(CC(=O)O)CCN(CC(=O)O)CC2)CC1)C(=O)N[C@H]1CCn2ccc3c2C(=C[C@@H](C(=O)NC2CC(=O)OC2O)C3)C1=O. The van der Waals surface area contributed by atoms with Crippen LogP contribution < -0.4 is 31.9 Å². The maximum absolute atomic E-state index is 14.1. The minimum absolute atomic E-state index is 0.0280. The molecule has 7 atom stereocenters.